The Kier molecular flexibility index (Phi) is 6.47. The van der Waals surface area contributed by atoms with Crippen LogP contribution >= 0.6 is 0 Å². The Morgan fingerprint density at radius 1 is 1.00 bits per heavy atom. The zero-order valence-corrected chi connectivity index (χ0v) is 9.78. The highest BCUT2D eigenvalue weighted by Crippen LogP contribution is 1.95. The number of hydrogen-bond acceptors (Lipinski definition) is 6. The highest BCUT2D eigenvalue weighted by molar-refractivity contribution is 6.37. The number of carbonyl (C=O) groups is 4. The lowest BCUT2D eigenvalue weighted by atomic mass is 10.2. The Morgan fingerprint density at radius 2 is 1.59 bits per heavy atom. The Morgan fingerprint density at radius 3 is 2.06 bits per heavy atom. The summed E-state index contributed by atoms with van der Waals surface area (Å²) in [7, 11) is 0. The average Bonchev–Trinajstić information content (AvgIpc) is 2.25. The highest BCUT2D eigenvalue weighted by Gasteiger charge is 2.15. The Labute approximate surface area is 98.6 Å². The molecule has 0 aromatic rings. The fourth-order valence-corrected chi connectivity index (χ4v) is 0.747. The fraction of sp³-hybridized carbons (Fsp3) is 0.455. The molecular formula is C11H14O6. The molecule has 6 nitrogen and oxygen atoms in total. The van der Waals surface area contributed by atoms with Crippen LogP contribution in [0.3, 0.4) is 0 Å². The van der Waals surface area contributed by atoms with Gasteiger partial charge in [-0.1, -0.05) is 6.58 Å². The average molecular weight is 242 g/mol. The van der Waals surface area contributed by atoms with Crippen molar-refractivity contribution < 1.29 is 28.7 Å². The first-order valence-corrected chi connectivity index (χ1v) is 4.86. The van der Waals surface area contributed by atoms with Crippen molar-refractivity contribution in [1.29, 1.82) is 0 Å². The zero-order valence-electron chi connectivity index (χ0n) is 9.78. The summed E-state index contributed by atoms with van der Waals surface area (Å²) < 4.78 is 8.99. The van der Waals surface area contributed by atoms with Gasteiger partial charge < -0.3 is 9.47 Å². The van der Waals surface area contributed by atoms with Gasteiger partial charge in [-0.25, -0.2) is 4.79 Å². The normalized spacial score (nSPS) is 9.29. The van der Waals surface area contributed by atoms with E-state index in [0.717, 1.165) is 6.92 Å². The number of carbonyl (C=O) groups excluding carboxylic acids is 4. The number of hydrogen-bond donors (Lipinski definition) is 0. The maximum atomic E-state index is 11.2. The molecule has 94 valence electrons. The van der Waals surface area contributed by atoms with Crippen LogP contribution in [0.5, 0.6) is 0 Å². The molecule has 0 aliphatic carbocycles. The molecule has 0 saturated heterocycles. The van der Waals surface area contributed by atoms with E-state index in [2.05, 4.69) is 16.1 Å². The molecule has 0 aromatic heterocycles. The standard InChI is InChI=1S/C11H14O6/c1-7(2)11(15)16-5-4-9(13)10(14)6-17-8(3)12/h1,4-6H2,2-3H3. The van der Waals surface area contributed by atoms with E-state index in [1.165, 1.54) is 6.92 Å². The molecule has 0 bridgehead atoms. The molecule has 6 heteroatoms. The molecule has 0 unspecified atom stereocenters. The summed E-state index contributed by atoms with van der Waals surface area (Å²) in [5, 5.41) is 0. The van der Waals surface area contributed by atoms with Crippen molar-refractivity contribution in [3.63, 3.8) is 0 Å². The molecule has 0 rings (SSSR count). The lowest BCUT2D eigenvalue weighted by Crippen LogP contribution is -2.23. The van der Waals surface area contributed by atoms with Crippen molar-refractivity contribution in [3.8, 4) is 0 Å². The maximum absolute atomic E-state index is 11.2. The molecule has 0 saturated carbocycles. The van der Waals surface area contributed by atoms with E-state index in [4.69, 9.17) is 0 Å². The molecule has 0 spiro atoms. The van der Waals surface area contributed by atoms with E-state index >= 15 is 0 Å². The number of esters is 2. The predicted molar refractivity (Wildman–Crippen MR) is 57.0 cm³/mol. The molecule has 17 heavy (non-hydrogen) atoms. The second-order valence-corrected chi connectivity index (χ2v) is 3.29. The predicted octanol–water partition coefficient (Wildman–Crippen LogP) is 0.197. The lowest BCUT2D eigenvalue weighted by Gasteiger charge is -2.03. The largest absolute Gasteiger partial charge is 0.462 e. The Hall–Kier alpha value is -1.98. The van der Waals surface area contributed by atoms with E-state index in [1.54, 1.807) is 0 Å². The minimum atomic E-state index is -0.827. The summed E-state index contributed by atoms with van der Waals surface area (Å²) >= 11 is 0. The topological polar surface area (TPSA) is 86.7 Å². The van der Waals surface area contributed by atoms with Gasteiger partial charge in [0.05, 0.1) is 6.61 Å². The summed E-state index contributed by atoms with van der Waals surface area (Å²) in [6, 6.07) is 0. The minimum absolute atomic E-state index is 0.198. The quantitative estimate of drug-likeness (QED) is 0.360. The van der Waals surface area contributed by atoms with Gasteiger partial charge in [-0.3, -0.25) is 14.4 Å². The van der Waals surface area contributed by atoms with Gasteiger partial charge in [0.2, 0.25) is 11.6 Å². The first-order valence-electron chi connectivity index (χ1n) is 4.86. The lowest BCUT2D eigenvalue weighted by molar-refractivity contribution is -0.149. The van der Waals surface area contributed by atoms with Gasteiger partial charge in [-0.05, 0) is 6.92 Å². The third kappa shape index (κ3) is 6.99. The maximum Gasteiger partial charge on any atom is 0.333 e. The minimum Gasteiger partial charge on any atom is -0.462 e. The van der Waals surface area contributed by atoms with Gasteiger partial charge in [-0.2, -0.15) is 0 Å². The van der Waals surface area contributed by atoms with Crippen molar-refractivity contribution in [2.45, 2.75) is 20.3 Å². The van der Waals surface area contributed by atoms with Crippen LogP contribution in [0, 0.1) is 0 Å². The molecule has 0 aliphatic rings. The van der Waals surface area contributed by atoms with Gasteiger partial charge >= 0.3 is 11.9 Å². The van der Waals surface area contributed by atoms with Crippen molar-refractivity contribution in [3.05, 3.63) is 12.2 Å². The van der Waals surface area contributed by atoms with E-state index in [1.807, 2.05) is 0 Å². The monoisotopic (exact) mass is 242 g/mol. The smallest absolute Gasteiger partial charge is 0.333 e. The molecule has 0 amide bonds. The van der Waals surface area contributed by atoms with Crippen LogP contribution in [0.2, 0.25) is 0 Å². The summed E-state index contributed by atoms with van der Waals surface area (Å²) in [6.07, 6.45) is -0.237. The van der Waals surface area contributed by atoms with Crippen LogP contribution in [0.25, 0.3) is 0 Å². The number of ether oxygens (including phenoxy) is 2. The first kappa shape index (κ1) is 15.0. The number of Topliss-reactive ketones (excluding diaryl/α,β-unsaturated/α-hetero) is 2. The molecule has 0 atom stereocenters. The first-order chi connectivity index (χ1) is 7.84. The van der Waals surface area contributed by atoms with Crippen molar-refractivity contribution in [1.82, 2.24) is 0 Å². The summed E-state index contributed by atoms with van der Waals surface area (Å²) in [6.45, 7) is 5.17. The molecule has 0 aliphatic heterocycles. The van der Waals surface area contributed by atoms with Crippen molar-refractivity contribution in [2.24, 2.45) is 0 Å². The molecule has 0 aromatic carbocycles. The van der Waals surface area contributed by atoms with Crippen molar-refractivity contribution in [2.75, 3.05) is 13.2 Å². The van der Waals surface area contributed by atoms with Crippen molar-refractivity contribution >= 4 is 23.5 Å². The fourth-order valence-electron chi connectivity index (χ4n) is 0.747. The Bertz CT molecular complexity index is 355. The summed E-state index contributed by atoms with van der Waals surface area (Å²) in [5.74, 6) is -2.84. The SMILES string of the molecule is C=C(C)C(=O)OCCC(=O)C(=O)COC(C)=O. The van der Waals surface area contributed by atoms with Gasteiger partial charge in [0, 0.05) is 18.9 Å². The molecular weight excluding hydrogens is 228 g/mol. The van der Waals surface area contributed by atoms with Crippen LogP contribution in [-0.4, -0.2) is 36.7 Å². The Balaban J connectivity index is 3.86. The highest BCUT2D eigenvalue weighted by atomic mass is 16.5. The van der Waals surface area contributed by atoms with Crippen LogP contribution < -0.4 is 0 Å². The molecule has 0 heterocycles. The van der Waals surface area contributed by atoms with Crippen LogP contribution in [0.15, 0.2) is 12.2 Å². The number of ketones is 2. The summed E-state index contributed by atoms with van der Waals surface area (Å²) in [5.41, 5.74) is 0.212. The summed E-state index contributed by atoms with van der Waals surface area (Å²) in [4.78, 5) is 43.5. The second kappa shape index (κ2) is 7.32. The molecule has 0 fully saturated rings. The van der Waals surface area contributed by atoms with Gasteiger partial charge in [0.25, 0.3) is 0 Å². The van der Waals surface area contributed by atoms with Gasteiger partial charge in [0.1, 0.15) is 0 Å². The third-order valence-corrected chi connectivity index (χ3v) is 1.63. The molecule has 0 N–H and O–H groups in total. The van der Waals surface area contributed by atoms with Gasteiger partial charge in [0.15, 0.2) is 6.61 Å². The van der Waals surface area contributed by atoms with Crippen LogP contribution in [0.1, 0.15) is 20.3 Å². The van der Waals surface area contributed by atoms with E-state index in [-0.39, 0.29) is 18.6 Å². The van der Waals surface area contributed by atoms with Crippen LogP contribution in [0.4, 0.5) is 0 Å². The second-order valence-electron chi connectivity index (χ2n) is 3.29. The van der Waals surface area contributed by atoms with Crippen LogP contribution in [-0.2, 0) is 28.7 Å². The van der Waals surface area contributed by atoms with E-state index in [9.17, 15) is 19.2 Å². The van der Waals surface area contributed by atoms with Gasteiger partial charge in [-0.15, -0.1) is 0 Å². The molecule has 0 radical (unpaired) electrons. The third-order valence-electron chi connectivity index (χ3n) is 1.63. The number of rotatable bonds is 7. The van der Waals surface area contributed by atoms with E-state index in [0.29, 0.717) is 0 Å². The van der Waals surface area contributed by atoms with E-state index < -0.39 is 30.1 Å². The zero-order chi connectivity index (χ0) is 13.4.